The van der Waals surface area contributed by atoms with Gasteiger partial charge in [-0.25, -0.2) is 4.98 Å². The number of amides is 2. The number of carbonyl (C=O) groups excluding carboxylic acids is 3. The van der Waals surface area contributed by atoms with Gasteiger partial charge in [-0.3, -0.25) is 14.5 Å². The Morgan fingerprint density at radius 3 is 2.88 bits per heavy atom. The first-order chi connectivity index (χ1) is 11.0. The van der Waals surface area contributed by atoms with E-state index in [2.05, 4.69) is 4.98 Å². The fourth-order valence-corrected chi connectivity index (χ4v) is 3.91. The van der Waals surface area contributed by atoms with Crippen LogP contribution in [0.4, 0.5) is 0 Å². The molecule has 24 heavy (non-hydrogen) atoms. The number of nitrogens with zero attached hydrogens (tertiary/aromatic N) is 4. The molecule has 8 nitrogen and oxygen atoms in total. The minimum absolute atomic E-state index is 0. The van der Waals surface area contributed by atoms with Crippen molar-refractivity contribution in [3.05, 3.63) is 34.4 Å². The maximum absolute atomic E-state index is 12.1. The van der Waals surface area contributed by atoms with E-state index in [1.54, 1.807) is 28.8 Å². The van der Waals surface area contributed by atoms with Gasteiger partial charge in [0.05, 0.1) is 29.5 Å². The number of carboxylic acid groups (broad SMARTS) is 1. The molecule has 10 heteroatoms. The molecular formula is C14H11N4NaO4S. The standard InChI is InChI=1S/C14H12N4O4S.Na/c1-16-4-10-15-7(3-17(10)5-11(16)19)2-8-12(20)18-9(14(21)22)6-23-13(8)18;/h2-3,6,13H,4-5H2,1H3,(H,21,22);/q;+1/p-1/b8-2+;. The normalized spacial score (nSPS) is 23.5. The Balaban J connectivity index is 0.00000169. The summed E-state index contributed by atoms with van der Waals surface area (Å²) in [7, 11) is 1.72. The second kappa shape index (κ2) is 6.07. The number of hydrogen-bond acceptors (Lipinski definition) is 6. The zero-order valence-electron chi connectivity index (χ0n) is 13.1. The van der Waals surface area contributed by atoms with Gasteiger partial charge in [0.15, 0.2) is 0 Å². The van der Waals surface area contributed by atoms with Crippen molar-refractivity contribution in [2.45, 2.75) is 18.5 Å². The van der Waals surface area contributed by atoms with Gasteiger partial charge in [-0.15, -0.1) is 11.8 Å². The molecule has 1 aromatic heterocycles. The Kier molecular flexibility index (Phi) is 4.37. The van der Waals surface area contributed by atoms with Crippen LogP contribution in [0.15, 0.2) is 22.9 Å². The Bertz CT molecular complexity index is 831. The molecule has 0 spiro atoms. The van der Waals surface area contributed by atoms with E-state index >= 15 is 0 Å². The Hall–Kier alpha value is -1.55. The number of β-lactam (4-membered cyclic amide) rings is 1. The van der Waals surface area contributed by atoms with Crippen LogP contribution in [0.1, 0.15) is 11.5 Å². The first-order valence-electron chi connectivity index (χ1n) is 6.88. The van der Waals surface area contributed by atoms with Crippen LogP contribution in [0, 0.1) is 0 Å². The van der Waals surface area contributed by atoms with Gasteiger partial charge >= 0.3 is 29.6 Å². The third-order valence-electron chi connectivity index (χ3n) is 4.03. The molecule has 0 radical (unpaired) electrons. The van der Waals surface area contributed by atoms with Gasteiger partial charge in [-0.2, -0.15) is 0 Å². The third kappa shape index (κ3) is 2.52. The summed E-state index contributed by atoms with van der Waals surface area (Å²) in [5.41, 5.74) is 0.990. The quantitative estimate of drug-likeness (QED) is 0.303. The molecule has 1 saturated heterocycles. The molecule has 2 amide bonds. The fraction of sp³-hybridized carbons (Fsp3) is 0.286. The average Bonchev–Trinajstić information content (AvgIpc) is 3.06. The van der Waals surface area contributed by atoms with Gasteiger partial charge in [-0.05, 0) is 11.5 Å². The third-order valence-corrected chi connectivity index (χ3v) is 5.12. The van der Waals surface area contributed by atoms with E-state index in [0.29, 0.717) is 17.8 Å². The van der Waals surface area contributed by atoms with Crippen molar-refractivity contribution >= 4 is 35.6 Å². The van der Waals surface area contributed by atoms with Crippen molar-refractivity contribution < 1.29 is 49.0 Å². The number of aliphatic carboxylic acids is 1. The molecule has 3 aliphatic rings. The van der Waals surface area contributed by atoms with E-state index in [-0.39, 0.29) is 59.0 Å². The maximum Gasteiger partial charge on any atom is 1.00 e. The second-order valence-corrected chi connectivity index (χ2v) is 6.47. The van der Waals surface area contributed by atoms with E-state index < -0.39 is 5.97 Å². The molecule has 0 aliphatic carbocycles. The monoisotopic (exact) mass is 354 g/mol. The number of fused-ring (bicyclic) bond motifs is 2. The van der Waals surface area contributed by atoms with Crippen molar-refractivity contribution in [1.82, 2.24) is 19.4 Å². The van der Waals surface area contributed by atoms with Gasteiger partial charge < -0.3 is 19.4 Å². The van der Waals surface area contributed by atoms with E-state index in [1.165, 1.54) is 22.1 Å². The predicted octanol–water partition coefficient (Wildman–Crippen LogP) is -4.25. The number of thioether (sulfide) groups is 1. The first-order valence-corrected chi connectivity index (χ1v) is 7.82. The van der Waals surface area contributed by atoms with E-state index in [4.69, 9.17) is 0 Å². The number of imidazole rings is 1. The molecule has 0 bridgehead atoms. The number of aromatic nitrogens is 2. The first kappa shape index (κ1) is 17.3. The average molecular weight is 354 g/mol. The van der Waals surface area contributed by atoms with Gasteiger partial charge in [0.25, 0.3) is 5.91 Å². The fourth-order valence-electron chi connectivity index (χ4n) is 2.79. The number of carboxylic acids is 1. The molecule has 4 heterocycles. The van der Waals surface area contributed by atoms with E-state index in [9.17, 15) is 19.5 Å². The van der Waals surface area contributed by atoms with Crippen molar-refractivity contribution in [2.24, 2.45) is 0 Å². The van der Waals surface area contributed by atoms with Gasteiger partial charge in [0.1, 0.15) is 17.7 Å². The molecule has 3 aliphatic heterocycles. The molecular weight excluding hydrogens is 343 g/mol. The number of likely N-dealkylation sites (N-methyl/N-ethyl adjacent to an activating group) is 1. The van der Waals surface area contributed by atoms with Crippen LogP contribution in [0.5, 0.6) is 0 Å². The van der Waals surface area contributed by atoms with E-state index in [1.807, 2.05) is 0 Å². The smallest absolute Gasteiger partial charge is 0.543 e. The summed E-state index contributed by atoms with van der Waals surface area (Å²) in [6.07, 6.45) is 3.38. The van der Waals surface area contributed by atoms with Crippen molar-refractivity contribution in [1.29, 1.82) is 0 Å². The van der Waals surface area contributed by atoms with Crippen LogP contribution in [0.2, 0.25) is 0 Å². The van der Waals surface area contributed by atoms with Crippen LogP contribution >= 0.6 is 11.8 Å². The number of rotatable bonds is 2. The molecule has 4 rings (SSSR count). The summed E-state index contributed by atoms with van der Waals surface area (Å²) < 4.78 is 1.77. The molecule has 118 valence electrons. The molecule has 1 aromatic rings. The molecule has 0 saturated carbocycles. The van der Waals surface area contributed by atoms with Crippen LogP contribution in [0.25, 0.3) is 6.08 Å². The second-order valence-electron chi connectivity index (χ2n) is 5.51. The Morgan fingerprint density at radius 2 is 2.17 bits per heavy atom. The van der Waals surface area contributed by atoms with Crippen molar-refractivity contribution in [3.63, 3.8) is 0 Å². The summed E-state index contributed by atoms with van der Waals surface area (Å²) in [6, 6.07) is 0. The summed E-state index contributed by atoms with van der Waals surface area (Å²) in [5.74, 6) is -0.939. The largest absolute Gasteiger partial charge is 1.00 e. The topological polar surface area (TPSA) is 98.6 Å². The Labute approximate surface area is 163 Å². The zero-order chi connectivity index (χ0) is 16.3. The van der Waals surface area contributed by atoms with Gasteiger partial charge in [-0.1, -0.05) is 0 Å². The molecule has 1 fully saturated rings. The molecule has 1 atom stereocenters. The SMILES string of the molecule is CN1Cc2nc(/C=C3\C(=O)N4C(C(=O)[O-])=CSC34)cn2CC1=O.[Na+]. The summed E-state index contributed by atoms with van der Waals surface area (Å²) in [6.45, 7) is 0.660. The predicted molar refractivity (Wildman–Crippen MR) is 78.0 cm³/mol. The maximum atomic E-state index is 12.1. The number of hydrogen-bond donors (Lipinski definition) is 0. The van der Waals surface area contributed by atoms with Crippen LogP contribution < -0.4 is 34.7 Å². The van der Waals surface area contributed by atoms with Gasteiger partial charge in [0.2, 0.25) is 5.91 Å². The van der Waals surface area contributed by atoms with Crippen molar-refractivity contribution in [2.75, 3.05) is 7.05 Å². The minimum atomic E-state index is -1.36. The van der Waals surface area contributed by atoms with Crippen LogP contribution in [-0.4, -0.2) is 49.6 Å². The summed E-state index contributed by atoms with van der Waals surface area (Å²) in [5, 5.41) is 12.0. The van der Waals surface area contributed by atoms with Crippen LogP contribution in [0.3, 0.4) is 0 Å². The summed E-state index contributed by atoms with van der Waals surface area (Å²) >= 11 is 1.25. The van der Waals surface area contributed by atoms with Crippen LogP contribution in [-0.2, 0) is 27.5 Å². The van der Waals surface area contributed by atoms with Crippen molar-refractivity contribution in [3.8, 4) is 0 Å². The Morgan fingerprint density at radius 1 is 1.42 bits per heavy atom. The molecule has 1 unspecified atom stereocenters. The minimum Gasteiger partial charge on any atom is -0.543 e. The molecule has 0 N–H and O–H groups in total. The van der Waals surface area contributed by atoms with E-state index in [0.717, 1.165) is 5.82 Å². The number of carbonyl (C=O) groups is 3. The summed E-state index contributed by atoms with van der Waals surface area (Å²) in [4.78, 5) is 42.0. The zero-order valence-corrected chi connectivity index (χ0v) is 15.9. The van der Waals surface area contributed by atoms with Gasteiger partial charge in [0, 0.05) is 13.2 Å². The molecule has 0 aromatic carbocycles.